The molecule has 2 aromatic heterocycles. The van der Waals surface area contributed by atoms with Crippen LogP contribution in [0.3, 0.4) is 0 Å². The number of carbonyl (C=O) groups is 4. The van der Waals surface area contributed by atoms with Crippen molar-refractivity contribution in [2.45, 2.75) is 105 Å². The lowest BCUT2D eigenvalue weighted by Crippen LogP contribution is -2.56. The zero-order chi connectivity index (χ0) is 34.6. The third-order valence-electron chi connectivity index (χ3n) is 10.5. The van der Waals surface area contributed by atoms with Gasteiger partial charge >= 0.3 is 23.7 Å². The number of nitrogens with two attached hydrogens (primary N) is 2. The predicted molar refractivity (Wildman–Crippen MR) is 172 cm³/mol. The molecule has 0 saturated carbocycles. The van der Waals surface area contributed by atoms with Crippen molar-refractivity contribution in [2.75, 3.05) is 10.6 Å². The van der Waals surface area contributed by atoms with E-state index in [0.29, 0.717) is 59.4 Å². The van der Waals surface area contributed by atoms with Crippen molar-refractivity contribution in [3.8, 4) is 0 Å². The van der Waals surface area contributed by atoms with Crippen LogP contribution in [0, 0.1) is 22.7 Å². The Morgan fingerprint density at radius 1 is 0.696 bits per heavy atom. The standard InChI is InChI=1S/C32H42F4N4O4S2/c1-7-29(3,4)15-9-11-17-19(13-15)45-25(21(17)23(37)41)39-27(43)31(33,34)32(35,36)28(44)40-26-22(24(38)42)18-12-10-16(14-20(18)46-26)30(5,6)8-2/h15-16H,7-14H2,1-6H3,(H2,37,41)(H2,38,42)(H,39,43)(H,40,44). The number of alkyl halides is 4. The van der Waals surface area contributed by atoms with Gasteiger partial charge in [0.15, 0.2) is 0 Å². The van der Waals surface area contributed by atoms with E-state index in [1.807, 2.05) is 13.8 Å². The molecule has 2 aliphatic carbocycles. The van der Waals surface area contributed by atoms with Crippen LogP contribution < -0.4 is 22.1 Å². The van der Waals surface area contributed by atoms with Gasteiger partial charge in [0.2, 0.25) is 0 Å². The highest BCUT2D eigenvalue weighted by molar-refractivity contribution is 7.17. The Labute approximate surface area is 274 Å². The summed E-state index contributed by atoms with van der Waals surface area (Å²) in [5, 5.41) is 2.82. The van der Waals surface area contributed by atoms with Gasteiger partial charge < -0.3 is 22.1 Å². The normalized spacial score (nSPS) is 18.8. The first-order valence-corrected chi connectivity index (χ1v) is 17.1. The lowest BCUT2D eigenvalue weighted by Gasteiger charge is -2.36. The first-order valence-electron chi connectivity index (χ1n) is 15.5. The molecular weight excluding hydrogens is 645 g/mol. The largest absolute Gasteiger partial charge is 0.396 e. The second-order valence-corrected chi connectivity index (χ2v) is 16.0. The highest BCUT2D eigenvalue weighted by Crippen LogP contribution is 2.48. The molecule has 2 atom stereocenters. The van der Waals surface area contributed by atoms with Crippen LogP contribution in [0.2, 0.25) is 0 Å². The molecule has 254 valence electrons. The lowest BCUT2D eigenvalue weighted by molar-refractivity contribution is -0.204. The minimum absolute atomic E-state index is 0.0511. The van der Waals surface area contributed by atoms with Crippen molar-refractivity contribution < 1.29 is 36.7 Å². The number of anilines is 2. The Bertz CT molecular complexity index is 1450. The third-order valence-corrected chi connectivity index (χ3v) is 12.8. The molecule has 46 heavy (non-hydrogen) atoms. The molecule has 6 N–H and O–H groups in total. The van der Waals surface area contributed by atoms with Crippen LogP contribution in [-0.2, 0) is 35.3 Å². The summed E-state index contributed by atoms with van der Waals surface area (Å²) in [6.45, 7) is 12.5. The number of fused-ring (bicyclic) bond motifs is 2. The van der Waals surface area contributed by atoms with Gasteiger partial charge in [0.1, 0.15) is 10.0 Å². The zero-order valence-electron chi connectivity index (χ0n) is 26.9. The third kappa shape index (κ3) is 6.31. The van der Waals surface area contributed by atoms with Gasteiger partial charge in [-0.15, -0.1) is 22.7 Å². The van der Waals surface area contributed by atoms with E-state index in [2.05, 4.69) is 27.7 Å². The Balaban J connectivity index is 1.58. The quantitative estimate of drug-likeness (QED) is 0.190. The van der Waals surface area contributed by atoms with Gasteiger partial charge in [-0.2, -0.15) is 17.6 Å². The number of primary amides is 2. The topological polar surface area (TPSA) is 144 Å². The van der Waals surface area contributed by atoms with E-state index in [4.69, 9.17) is 11.5 Å². The van der Waals surface area contributed by atoms with Crippen molar-refractivity contribution in [2.24, 2.45) is 34.1 Å². The van der Waals surface area contributed by atoms with E-state index in [1.165, 1.54) is 0 Å². The smallest absolute Gasteiger partial charge is 0.365 e. The fraction of sp³-hybridized carbons (Fsp3) is 0.625. The van der Waals surface area contributed by atoms with Crippen LogP contribution in [0.15, 0.2) is 0 Å². The van der Waals surface area contributed by atoms with E-state index in [0.717, 1.165) is 35.5 Å². The number of halogens is 4. The number of rotatable bonds is 11. The molecule has 2 aromatic rings. The number of thiophene rings is 2. The molecule has 0 aromatic carbocycles. The summed E-state index contributed by atoms with van der Waals surface area (Å²) in [6, 6.07) is 0. The maximum absolute atomic E-state index is 15.2. The molecule has 4 amide bonds. The van der Waals surface area contributed by atoms with Crippen molar-refractivity contribution in [3.63, 3.8) is 0 Å². The van der Waals surface area contributed by atoms with Crippen LogP contribution >= 0.6 is 22.7 Å². The predicted octanol–water partition coefficient (Wildman–Crippen LogP) is 6.94. The second kappa shape index (κ2) is 12.6. The van der Waals surface area contributed by atoms with Gasteiger partial charge in [-0.25, -0.2) is 0 Å². The van der Waals surface area contributed by atoms with Crippen molar-refractivity contribution >= 4 is 56.3 Å². The van der Waals surface area contributed by atoms with Crippen LogP contribution in [0.4, 0.5) is 27.6 Å². The van der Waals surface area contributed by atoms with E-state index in [9.17, 15) is 19.2 Å². The van der Waals surface area contributed by atoms with E-state index >= 15 is 17.6 Å². The summed E-state index contributed by atoms with van der Waals surface area (Å²) >= 11 is 1.70. The van der Waals surface area contributed by atoms with Crippen LogP contribution in [-0.4, -0.2) is 35.5 Å². The average Bonchev–Trinajstić information content (AvgIpc) is 3.53. The summed E-state index contributed by atoms with van der Waals surface area (Å²) in [5.74, 6) is -17.6. The summed E-state index contributed by atoms with van der Waals surface area (Å²) in [6.07, 6.45) is 4.98. The highest BCUT2D eigenvalue weighted by atomic mass is 32.1. The molecule has 0 saturated heterocycles. The maximum atomic E-state index is 15.2. The molecule has 0 radical (unpaired) electrons. The zero-order valence-corrected chi connectivity index (χ0v) is 28.6. The van der Waals surface area contributed by atoms with Gasteiger partial charge in [-0.05, 0) is 72.3 Å². The van der Waals surface area contributed by atoms with E-state index in [-0.39, 0.29) is 43.8 Å². The molecular formula is C32H42F4N4O4S2. The number of hydrogen-bond donors (Lipinski definition) is 4. The fourth-order valence-electron chi connectivity index (χ4n) is 6.43. The molecule has 2 aliphatic rings. The first kappa shape index (κ1) is 35.8. The monoisotopic (exact) mass is 686 g/mol. The SMILES string of the molecule is CCC(C)(C)C1CCc2c(sc(NC(=O)C(F)(F)C(F)(F)C(=O)Nc3sc4c(c3C(N)=O)CCC(C(C)(C)CC)C4)c2C(N)=O)C1. The van der Waals surface area contributed by atoms with Gasteiger partial charge in [0.25, 0.3) is 11.8 Å². The minimum Gasteiger partial charge on any atom is -0.365 e. The fourth-order valence-corrected chi connectivity index (χ4v) is 9.08. The summed E-state index contributed by atoms with van der Waals surface area (Å²) in [7, 11) is 0. The number of hydrogen-bond acceptors (Lipinski definition) is 6. The van der Waals surface area contributed by atoms with E-state index in [1.54, 1.807) is 10.6 Å². The number of nitrogens with one attached hydrogen (secondary N) is 2. The van der Waals surface area contributed by atoms with Crippen molar-refractivity contribution in [3.05, 3.63) is 32.0 Å². The van der Waals surface area contributed by atoms with Crippen LogP contribution in [0.1, 0.15) is 109 Å². The Morgan fingerprint density at radius 3 is 1.30 bits per heavy atom. The number of carbonyl (C=O) groups excluding carboxylic acids is 4. The summed E-state index contributed by atoms with van der Waals surface area (Å²) in [4.78, 5) is 51.5. The van der Waals surface area contributed by atoms with Crippen molar-refractivity contribution in [1.29, 1.82) is 0 Å². The van der Waals surface area contributed by atoms with Gasteiger partial charge in [0, 0.05) is 9.75 Å². The molecule has 0 fully saturated rings. The molecule has 0 aliphatic heterocycles. The summed E-state index contributed by atoms with van der Waals surface area (Å²) < 4.78 is 60.8. The molecule has 2 unspecified atom stereocenters. The van der Waals surface area contributed by atoms with Crippen LogP contribution in [0.25, 0.3) is 0 Å². The molecule has 2 heterocycles. The Kier molecular flexibility index (Phi) is 9.78. The highest BCUT2D eigenvalue weighted by Gasteiger charge is 2.67. The van der Waals surface area contributed by atoms with Crippen LogP contribution in [0.5, 0.6) is 0 Å². The molecule has 0 bridgehead atoms. The summed E-state index contributed by atoms with van der Waals surface area (Å²) in [5.41, 5.74) is 11.6. The molecule has 0 spiro atoms. The first-order chi connectivity index (χ1) is 21.2. The second-order valence-electron chi connectivity index (χ2n) is 13.8. The van der Waals surface area contributed by atoms with Gasteiger partial charge in [-0.1, -0.05) is 54.4 Å². The lowest BCUT2D eigenvalue weighted by atomic mass is 9.69. The van der Waals surface area contributed by atoms with Gasteiger partial charge in [-0.3, -0.25) is 19.2 Å². The maximum Gasteiger partial charge on any atom is 0.396 e. The van der Waals surface area contributed by atoms with Crippen molar-refractivity contribution in [1.82, 2.24) is 0 Å². The Morgan fingerprint density at radius 2 is 1.02 bits per heavy atom. The molecule has 4 rings (SSSR count). The molecule has 14 heteroatoms. The minimum atomic E-state index is -5.54. The number of amides is 4. The Hall–Kier alpha value is -3.00. The van der Waals surface area contributed by atoms with Gasteiger partial charge in [0.05, 0.1) is 11.1 Å². The molecule has 8 nitrogen and oxygen atoms in total. The average molecular weight is 687 g/mol. The van der Waals surface area contributed by atoms with E-state index < -0.39 is 35.5 Å².